The van der Waals surface area contributed by atoms with E-state index in [0.29, 0.717) is 43.6 Å². The van der Waals surface area contributed by atoms with Crippen molar-refractivity contribution in [3.63, 3.8) is 0 Å². The number of carbonyl (C=O) groups is 3. The van der Waals surface area contributed by atoms with Crippen LogP contribution in [-0.2, 0) is 14.3 Å². The number of anilines is 2. The summed E-state index contributed by atoms with van der Waals surface area (Å²) in [6, 6.07) is 8.10. The fraction of sp³-hybridized carbons (Fsp3) is 0.286. The largest absolute Gasteiger partial charge is 0.441 e. The van der Waals surface area contributed by atoms with E-state index in [4.69, 9.17) is 9.15 Å². The van der Waals surface area contributed by atoms with Crippen molar-refractivity contribution in [2.45, 2.75) is 13.8 Å². The summed E-state index contributed by atoms with van der Waals surface area (Å²) in [5.74, 6) is -0.427. The molecule has 150 valence electrons. The molecule has 0 aliphatic carbocycles. The molecule has 0 saturated carbocycles. The number of hydrogen-bond acceptors (Lipinski definition) is 6. The fourth-order valence-corrected chi connectivity index (χ4v) is 3.49. The summed E-state index contributed by atoms with van der Waals surface area (Å²) in [5.41, 5.74) is 2.07. The average Bonchev–Trinajstić information content (AvgIpc) is 3.14. The first-order chi connectivity index (χ1) is 13.9. The summed E-state index contributed by atoms with van der Waals surface area (Å²) in [6.07, 6.45) is 1.36. The number of urea groups is 1. The van der Waals surface area contributed by atoms with Gasteiger partial charge in [0.05, 0.1) is 18.9 Å². The Hall–Kier alpha value is -3.39. The summed E-state index contributed by atoms with van der Waals surface area (Å²) in [5, 5.41) is 2.23. The molecule has 0 radical (unpaired) electrons. The van der Waals surface area contributed by atoms with Gasteiger partial charge in [-0.1, -0.05) is 6.07 Å². The third-order valence-electron chi connectivity index (χ3n) is 4.79. The lowest BCUT2D eigenvalue weighted by Gasteiger charge is -2.27. The Bertz CT molecular complexity index is 997. The molecule has 0 spiro atoms. The molecule has 0 atom stereocenters. The van der Waals surface area contributed by atoms with Gasteiger partial charge >= 0.3 is 6.03 Å². The second-order valence-corrected chi connectivity index (χ2v) is 7.08. The van der Waals surface area contributed by atoms with Gasteiger partial charge in [-0.3, -0.25) is 14.9 Å². The van der Waals surface area contributed by atoms with Gasteiger partial charge in [0.2, 0.25) is 0 Å². The smallest absolute Gasteiger partial charge is 0.335 e. The lowest BCUT2D eigenvalue weighted by atomic mass is 10.1. The summed E-state index contributed by atoms with van der Waals surface area (Å²) in [4.78, 5) is 40.7. The van der Waals surface area contributed by atoms with E-state index in [-0.39, 0.29) is 5.57 Å². The van der Waals surface area contributed by atoms with E-state index in [1.165, 1.54) is 6.08 Å². The molecule has 29 heavy (non-hydrogen) atoms. The Morgan fingerprint density at radius 1 is 1.00 bits per heavy atom. The highest BCUT2D eigenvalue weighted by atomic mass is 16.5. The van der Waals surface area contributed by atoms with E-state index in [2.05, 4.69) is 5.32 Å². The number of nitrogens with zero attached hydrogens (tertiary/aromatic N) is 2. The minimum atomic E-state index is -0.768. The number of aryl methyl sites for hydroxylation is 2. The number of barbiturate groups is 1. The van der Waals surface area contributed by atoms with E-state index >= 15 is 0 Å². The highest BCUT2D eigenvalue weighted by molar-refractivity contribution is 6.39. The Morgan fingerprint density at radius 2 is 1.69 bits per heavy atom. The standard InChI is InChI=1S/C21H21N3O5/c1-13-9-14(2)11-15(10-13)24-20(26)17(19(25)22-21(24)27)12-16-3-4-18(29-16)23-5-7-28-8-6-23/h3-4,9-12H,5-8H2,1-2H3,(H,22,25,27)/b17-12-. The molecule has 1 N–H and O–H groups in total. The summed E-state index contributed by atoms with van der Waals surface area (Å²) >= 11 is 0. The van der Waals surface area contributed by atoms with Crippen molar-refractivity contribution in [3.8, 4) is 0 Å². The number of hydrogen-bond donors (Lipinski definition) is 1. The van der Waals surface area contributed by atoms with Crippen LogP contribution in [0.25, 0.3) is 6.08 Å². The number of morpholine rings is 1. The fourth-order valence-electron chi connectivity index (χ4n) is 3.49. The van der Waals surface area contributed by atoms with Crippen LogP contribution < -0.4 is 15.1 Å². The monoisotopic (exact) mass is 395 g/mol. The molecule has 8 heteroatoms. The van der Waals surface area contributed by atoms with Crippen LogP contribution in [0.1, 0.15) is 16.9 Å². The van der Waals surface area contributed by atoms with Crippen molar-refractivity contribution in [2.24, 2.45) is 0 Å². The zero-order valence-electron chi connectivity index (χ0n) is 16.2. The molecule has 8 nitrogen and oxygen atoms in total. The number of nitrogens with one attached hydrogen (secondary N) is 1. The van der Waals surface area contributed by atoms with E-state index in [0.717, 1.165) is 16.0 Å². The SMILES string of the molecule is Cc1cc(C)cc(N2C(=O)NC(=O)/C(=C/c3ccc(N4CCOCC4)o3)C2=O)c1. The van der Waals surface area contributed by atoms with Gasteiger partial charge in [0, 0.05) is 19.2 Å². The van der Waals surface area contributed by atoms with Crippen molar-refractivity contribution in [1.82, 2.24) is 5.32 Å². The lowest BCUT2D eigenvalue weighted by molar-refractivity contribution is -0.122. The van der Waals surface area contributed by atoms with Gasteiger partial charge < -0.3 is 14.1 Å². The number of imide groups is 2. The van der Waals surface area contributed by atoms with E-state index in [1.807, 2.05) is 24.8 Å². The van der Waals surface area contributed by atoms with Gasteiger partial charge in [0.1, 0.15) is 11.3 Å². The molecule has 2 aliphatic rings. The van der Waals surface area contributed by atoms with Crippen LogP contribution in [0.15, 0.2) is 40.3 Å². The zero-order chi connectivity index (χ0) is 20.5. The molecule has 2 saturated heterocycles. The van der Waals surface area contributed by atoms with Crippen molar-refractivity contribution in [2.75, 3.05) is 36.1 Å². The van der Waals surface area contributed by atoms with Crippen molar-refractivity contribution >= 4 is 35.5 Å². The molecule has 0 bridgehead atoms. The predicted octanol–water partition coefficient (Wildman–Crippen LogP) is 2.40. The molecular weight excluding hydrogens is 374 g/mol. The Morgan fingerprint density at radius 3 is 2.38 bits per heavy atom. The van der Waals surface area contributed by atoms with Crippen LogP contribution in [0.3, 0.4) is 0 Å². The maximum atomic E-state index is 13.0. The third kappa shape index (κ3) is 3.79. The Kier molecular flexibility index (Phi) is 4.94. The van der Waals surface area contributed by atoms with Gasteiger partial charge in [-0.2, -0.15) is 0 Å². The van der Waals surface area contributed by atoms with Crippen LogP contribution in [0.2, 0.25) is 0 Å². The average molecular weight is 395 g/mol. The van der Waals surface area contributed by atoms with Gasteiger partial charge in [-0.05, 0) is 49.2 Å². The van der Waals surface area contributed by atoms with E-state index in [1.54, 1.807) is 24.3 Å². The van der Waals surface area contributed by atoms with E-state index in [9.17, 15) is 14.4 Å². The molecular formula is C21H21N3O5. The van der Waals surface area contributed by atoms with Crippen LogP contribution in [-0.4, -0.2) is 44.1 Å². The molecule has 2 aromatic rings. The number of ether oxygens (including phenoxy) is 1. The Balaban J connectivity index is 1.64. The van der Waals surface area contributed by atoms with Gasteiger partial charge in [-0.25, -0.2) is 9.69 Å². The third-order valence-corrected chi connectivity index (χ3v) is 4.79. The summed E-state index contributed by atoms with van der Waals surface area (Å²) < 4.78 is 11.1. The van der Waals surface area contributed by atoms with Crippen molar-refractivity contribution in [1.29, 1.82) is 0 Å². The quantitative estimate of drug-likeness (QED) is 0.634. The first-order valence-electron chi connectivity index (χ1n) is 9.34. The number of benzene rings is 1. The molecule has 2 aliphatic heterocycles. The van der Waals surface area contributed by atoms with Gasteiger partial charge in [-0.15, -0.1) is 0 Å². The van der Waals surface area contributed by atoms with Crippen LogP contribution in [0.4, 0.5) is 16.4 Å². The van der Waals surface area contributed by atoms with E-state index < -0.39 is 17.8 Å². The molecule has 1 aromatic heterocycles. The summed E-state index contributed by atoms with van der Waals surface area (Å²) in [6.45, 7) is 6.40. The maximum Gasteiger partial charge on any atom is 0.335 e. The number of amides is 4. The zero-order valence-corrected chi connectivity index (χ0v) is 16.2. The lowest BCUT2D eigenvalue weighted by Crippen LogP contribution is -2.54. The normalized spacial score (nSPS) is 19.1. The molecule has 0 unspecified atom stereocenters. The minimum absolute atomic E-state index is 0.161. The highest BCUT2D eigenvalue weighted by Gasteiger charge is 2.37. The first-order valence-corrected chi connectivity index (χ1v) is 9.34. The predicted molar refractivity (Wildman–Crippen MR) is 107 cm³/mol. The van der Waals surface area contributed by atoms with Crippen molar-refractivity contribution < 1.29 is 23.5 Å². The summed E-state index contributed by atoms with van der Waals surface area (Å²) in [7, 11) is 0. The first kappa shape index (κ1) is 18.9. The molecule has 4 amide bonds. The Labute approximate surface area is 167 Å². The van der Waals surface area contributed by atoms with Gasteiger partial charge in [0.15, 0.2) is 5.88 Å². The van der Waals surface area contributed by atoms with Crippen molar-refractivity contribution in [3.05, 3.63) is 52.8 Å². The molecule has 4 rings (SSSR count). The molecule has 3 heterocycles. The van der Waals surface area contributed by atoms with Crippen LogP contribution in [0.5, 0.6) is 0 Å². The van der Waals surface area contributed by atoms with Gasteiger partial charge in [0.25, 0.3) is 11.8 Å². The second-order valence-electron chi connectivity index (χ2n) is 7.08. The highest BCUT2D eigenvalue weighted by Crippen LogP contribution is 2.26. The van der Waals surface area contributed by atoms with Crippen LogP contribution in [0, 0.1) is 13.8 Å². The minimum Gasteiger partial charge on any atom is -0.441 e. The molecule has 2 fully saturated rings. The topological polar surface area (TPSA) is 92.1 Å². The number of carbonyl (C=O) groups excluding carboxylic acids is 3. The maximum absolute atomic E-state index is 13.0. The number of furan rings is 1. The van der Waals surface area contributed by atoms with Crippen LogP contribution >= 0.6 is 0 Å². The second kappa shape index (κ2) is 7.56. The molecule has 1 aromatic carbocycles. The number of rotatable bonds is 3.